The maximum absolute atomic E-state index is 11.0. The van der Waals surface area contributed by atoms with Crippen molar-refractivity contribution >= 4 is 28.2 Å². The van der Waals surface area contributed by atoms with Crippen LogP contribution in [0.25, 0.3) is 0 Å². The Labute approximate surface area is 144 Å². The zero-order valence-corrected chi connectivity index (χ0v) is 13.3. The van der Waals surface area contributed by atoms with Crippen molar-refractivity contribution in [2.75, 3.05) is 6.61 Å². The molecule has 0 saturated carbocycles. The van der Waals surface area contributed by atoms with Crippen LogP contribution in [0.5, 0.6) is 0 Å². The molecular weight excluding hydrogens is 358 g/mol. The number of nitro groups is 2. The molecule has 0 radical (unpaired) electrons. The maximum atomic E-state index is 11.0. The highest BCUT2D eigenvalue weighted by Crippen LogP contribution is 2.39. The molecule has 0 unspecified atom stereocenters. The Morgan fingerprint density at radius 3 is 2.24 bits per heavy atom. The summed E-state index contributed by atoms with van der Waals surface area (Å²) in [5.74, 6) is 0. The van der Waals surface area contributed by atoms with E-state index in [0.29, 0.717) is 0 Å². The first-order valence-electron chi connectivity index (χ1n) is 7.13. The molecule has 12 heteroatoms. The van der Waals surface area contributed by atoms with Crippen molar-refractivity contribution in [3.63, 3.8) is 0 Å². The summed E-state index contributed by atoms with van der Waals surface area (Å²) in [5.41, 5.74) is -1.50. The summed E-state index contributed by atoms with van der Waals surface area (Å²) in [5, 5.41) is 51.4. The Kier molecular flexibility index (Phi) is 4.71. The van der Waals surface area contributed by atoms with Crippen molar-refractivity contribution in [3.8, 4) is 0 Å². The first-order chi connectivity index (χ1) is 11.8. The first-order valence-corrected chi connectivity index (χ1v) is 8.01. The Hall–Kier alpha value is -2.12. The molecule has 3 N–H and O–H groups in total. The standard InChI is InChI=1S/C13H13N3O8S/c17-4-8-10(18)11(19)9-13(24-8)25-12(14-9)5-1-6(15(20)21)3-7(2-5)16(22)23/h1-3,8-11,13,17-19H,4H2/t8-,9-,10-,11-,13-/m1/s1. The van der Waals surface area contributed by atoms with Gasteiger partial charge in [-0.25, -0.2) is 0 Å². The third-order valence-electron chi connectivity index (χ3n) is 3.91. The van der Waals surface area contributed by atoms with Gasteiger partial charge in [-0.15, -0.1) is 0 Å². The normalized spacial score (nSPS) is 31.3. The molecule has 2 aliphatic heterocycles. The van der Waals surface area contributed by atoms with Crippen LogP contribution in [0.2, 0.25) is 0 Å². The third kappa shape index (κ3) is 3.21. The van der Waals surface area contributed by atoms with Crippen molar-refractivity contribution in [1.29, 1.82) is 0 Å². The highest BCUT2D eigenvalue weighted by atomic mass is 32.2. The molecule has 0 aliphatic carbocycles. The summed E-state index contributed by atoms with van der Waals surface area (Å²) in [7, 11) is 0. The molecule has 0 bridgehead atoms. The minimum atomic E-state index is -1.34. The minimum Gasteiger partial charge on any atom is -0.394 e. The van der Waals surface area contributed by atoms with Crippen molar-refractivity contribution < 1.29 is 29.9 Å². The number of non-ortho nitro benzene ring substituents is 2. The number of benzene rings is 1. The van der Waals surface area contributed by atoms with Crippen LogP contribution in [0.1, 0.15) is 5.56 Å². The van der Waals surface area contributed by atoms with E-state index in [-0.39, 0.29) is 10.6 Å². The van der Waals surface area contributed by atoms with Gasteiger partial charge in [0.2, 0.25) is 0 Å². The molecule has 1 aromatic carbocycles. The molecule has 5 atom stereocenters. The molecule has 134 valence electrons. The van der Waals surface area contributed by atoms with Gasteiger partial charge in [0.15, 0.2) is 0 Å². The second kappa shape index (κ2) is 6.65. The lowest BCUT2D eigenvalue weighted by Crippen LogP contribution is -2.55. The van der Waals surface area contributed by atoms with Crippen LogP contribution in [0, 0.1) is 20.2 Å². The van der Waals surface area contributed by atoms with Gasteiger partial charge < -0.3 is 20.1 Å². The van der Waals surface area contributed by atoms with E-state index in [9.17, 15) is 35.5 Å². The SMILES string of the molecule is O=[N+]([O-])c1cc(C2=N[C@@H]3[C@@H](O)[C@H](O)[C@@H](CO)O[C@@H]3S2)cc([N+](=O)[O-])c1. The topological polar surface area (TPSA) is 169 Å². The molecule has 1 fully saturated rings. The fraction of sp³-hybridized carbons (Fsp3) is 0.462. The van der Waals surface area contributed by atoms with E-state index in [1.165, 1.54) is 0 Å². The third-order valence-corrected chi connectivity index (χ3v) is 5.10. The summed E-state index contributed by atoms with van der Waals surface area (Å²) in [6.45, 7) is -0.500. The first kappa shape index (κ1) is 17.7. The van der Waals surface area contributed by atoms with Gasteiger partial charge in [0, 0.05) is 17.7 Å². The number of rotatable bonds is 4. The van der Waals surface area contributed by atoms with E-state index >= 15 is 0 Å². The molecule has 25 heavy (non-hydrogen) atoms. The highest BCUT2D eigenvalue weighted by molar-refractivity contribution is 8.15. The van der Waals surface area contributed by atoms with Gasteiger partial charge in [0.05, 0.1) is 22.5 Å². The highest BCUT2D eigenvalue weighted by Gasteiger charge is 2.48. The number of aliphatic hydroxyl groups is 3. The van der Waals surface area contributed by atoms with Gasteiger partial charge in [-0.3, -0.25) is 25.2 Å². The fourth-order valence-electron chi connectivity index (χ4n) is 2.65. The Balaban J connectivity index is 1.96. The van der Waals surface area contributed by atoms with Crippen LogP contribution >= 0.6 is 11.8 Å². The molecule has 0 aromatic heterocycles. The van der Waals surface area contributed by atoms with E-state index in [4.69, 9.17) is 4.74 Å². The van der Waals surface area contributed by atoms with Crippen molar-refractivity contribution in [2.24, 2.45) is 4.99 Å². The Morgan fingerprint density at radius 2 is 1.72 bits per heavy atom. The van der Waals surface area contributed by atoms with Crippen LogP contribution in [-0.2, 0) is 4.74 Å². The number of thioether (sulfide) groups is 1. The quantitative estimate of drug-likeness (QED) is 0.479. The van der Waals surface area contributed by atoms with Crippen molar-refractivity contribution in [3.05, 3.63) is 44.0 Å². The van der Waals surface area contributed by atoms with Gasteiger partial charge in [-0.2, -0.15) is 0 Å². The molecule has 11 nitrogen and oxygen atoms in total. The van der Waals surface area contributed by atoms with E-state index in [0.717, 1.165) is 30.0 Å². The molecule has 1 aromatic rings. The van der Waals surface area contributed by atoms with Crippen molar-refractivity contribution in [2.45, 2.75) is 29.8 Å². The monoisotopic (exact) mass is 371 g/mol. The molecule has 2 heterocycles. The minimum absolute atomic E-state index is 0.145. The smallest absolute Gasteiger partial charge is 0.277 e. The number of ether oxygens (including phenoxy) is 1. The number of fused-ring (bicyclic) bond motifs is 1. The average Bonchev–Trinajstić information content (AvgIpc) is 3.01. The molecule has 2 aliphatic rings. The molecule has 0 spiro atoms. The zero-order chi connectivity index (χ0) is 18.3. The number of hydrogen-bond acceptors (Lipinski definition) is 10. The number of aliphatic imine (C=N–C) groups is 1. The average molecular weight is 371 g/mol. The summed E-state index contributed by atoms with van der Waals surface area (Å²) < 4.78 is 5.47. The lowest BCUT2D eigenvalue weighted by Gasteiger charge is -2.37. The van der Waals surface area contributed by atoms with Gasteiger partial charge in [0.1, 0.15) is 34.8 Å². The number of nitro benzene ring substituents is 2. The predicted octanol–water partition coefficient (Wildman–Crippen LogP) is -0.196. The van der Waals surface area contributed by atoms with Crippen LogP contribution in [0.15, 0.2) is 23.2 Å². The van der Waals surface area contributed by atoms with Gasteiger partial charge >= 0.3 is 0 Å². The largest absolute Gasteiger partial charge is 0.394 e. The maximum Gasteiger partial charge on any atom is 0.277 e. The van der Waals surface area contributed by atoms with Gasteiger partial charge in [-0.05, 0) is 0 Å². The second-order valence-corrected chi connectivity index (χ2v) is 6.59. The van der Waals surface area contributed by atoms with E-state index in [2.05, 4.69) is 4.99 Å². The summed E-state index contributed by atoms with van der Waals surface area (Å²) in [4.78, 5) is 24.7. The van der Waals surface area contributed by atoms with E-state index < -0.39 is 57.6 Å². The molecular formula is C13H13N3O8S. The summed E-state index contributed by atoms with van der Waals surface area (Å²) in [6.07, 6.45) is -3.62. The van der Waals surface area contributed by atoms with E-state index in [1.54, 1.807) is 0 Å². The number of hydrogen-bond donors (Lipinski definition) is 3. The number of aliphatic hydroxyl groups excluding tert-OH is 3. The van der Waals surface area contributed by atoms with Gasteiger partial charge in [-0.1, -0.05) is 11.8 Å². The second-order valence-electron chi connectivity index (χ2n) is 5.50. The summed E-state index contributed by atoms with van der Waals surface area (Å²) in [6, 6.07) is 2.27. The predicted molar refractivity (Wildman–Crippen MR) is 85.4 cm³/mol. The van der Waals surface area contributed by atoms with E-state index in [1.807, 2.05) is 0 Å². The zero-order valence-electron chi connectivity index (χ0n) is 12.5. The Bertz CT molecular complexity index is 725. The molecule has 0 amide bonds. The van der Waals surface area contributed by atoms with Crippen LogP contribution in [-0.4, -0.2) is 66.6 Å². The number of nitrogens with zero attached hydrogens (tertiary/aromatic N) is 3. The Morgan fingerprint density at radius 1 is 1.12 bits per heavy atom. The van der Waals surface area contributed by atoms with Crippen molar-refractivity contribution in [1.82, 2.24) is 0 Å². The summed E-state index contributed by atoms with van der Waals surface area (Å²) >= 11 is 1.01. The fourth-order valence-corrected chi connectivity index (χ4v) is 3.87. The van der Waals surface area contributed by atoms with Crippen LogP contribution in [0.4, 0.5) is 11.4 Å². The van der Waals surface area contributed by atoms with Gasteiger partial charge in [0.25, 0.3) is 11.4 Å². The lowest BCUT2D eigenvalue weighted by atomic mass is 9.99. The van der Waals surface area contributed by atoms with Crippen LogP contribution < -0.4 is 0 Å². The lowest BCUT2D eigenvalue weighted by molar-refractivity contribution is -0.394. The molecule has 3 rings (SSSR count). The van der Waals surface area contributed by atoms with Crippen LogP contribution in [0.3, 0.4) is 0 Å². The molecule has 1 saturated heterocycles.